The summed E-state index contributed by atoms with van der Waals surface area (Å²) in [7, 11) is 1.56. The van der Waals surface area contributed by atoms with E-state index in [1.807, 2.05) is 42.7 Å². The van der Waals surface area contributed by atoms with Crippen molar-refractivity contribution in [1.29, 1.82) is 0 Å². The van der Waals surface area contributed by atoms with E-state index in [1.54, 1.807) is 7.05 Å². The smallest absolute Gasteiger partial charge is 0.243 e. The Kier molecular flexibility index (Phi) is 6.83. The van der Waals surface area contributed by atoms with Gasteiger partial charge in [0, 0.05) is 18.4 Å². The lowest BCUT2D eigenvalue weighted by atomic mass is 10.2. The van der Waals surface area contributed by atoms with Gasteiger partial charge in [-0.2, -0.15) is 0 Å². The summed E-state index contributed by atoms with van der Waals surface area (Å²) in [4.78, 5) is 25.9. The summed E-state index contributed by atoms with van der Waals surface area (Å²) in [6.07, 6.45) is 0. The fraction of sp³-hybridized carbons (Fsp3) is 0.238. The van der Waals surface area contributed by atoms with Gasteiger partial charge >= 0.3 is 0 Å². The fourth-order valence-corrected chi connectivity index (χ4v) is 3.64. The number of benzene rings is 2. The van der Waals surface area contributed by atoms with E-state index in [0.29, 0.717) is 10.8 Å². The van der Waals surface area contributed by atoms with Gasteiger partial charge in [-0.15, -0.1) is 10.2 Å². The number of carbonyl (C=O) groups excluding carboxylic acids is 2. The zero-order valence-electron chi connectivity index (χ0n) is 16.9. The molecule has 9 heteroatoms. The summed E-state index contributed by atoms with van der Waals surface area (Å²) in [5.41, 5.74) is 2.54. The highest BCUT2D eigenvalue weighted by atomic mass is 32.2. The highest BCUT2D eigenvalue weighted by Gasteiger charge is 2.17. The van der Waals surface area contributed by atoms with Crippen LogP contribution in [0.15, 0.2) is 53.7 Å². The molecule has 0 saturated carbocycles. The normalized spacial score (nSPS) is 10.7. The zero-order valence-corrected chi connectivity index (χ0v) is 17.7. The van der Waals surface area contributed by atoms with Gasteiger partial charge in [-0.1, -0.05) is 29.5 Å². The molecule has 0 unspecified atom stereocenters. The number of aryl methyl sites for hydroxylation is 2. The van der Waals surface area contributed by atoms with Crippen LogP contribution in [0.4, 0.5) is 10.1 Å². The van der Waals surface area contributed by atoms with E-state index in [-0.39, 0.29) is 29.9 Å². The Bertz CT molecular complexity index is 1030. The van der Waals surface area contributed by atoms with Gasteiger partial charge < -0.3 is 10.2 Å². The number of halogens is 1. The molecule has 1 N–H and O–H groups in total. The Balaban J connectivity index is 1.57. The van der Waals surface area contributed by atoms with Crippen molar-refractivity contribution in [3.05, 3.63) is 65.7 Å². The van der Waals surface area contributed by atoms with Gasteiger partial charge in [0.2, 0.25) is 11.8 Å². The third-order valence-electron chi connectivity index (χ3n) is 4.35. The molecule has 3 rings (SSSR count). The molecule has 2 aromatic carbocycles. The van der Waals surface area contributed by atoms with Crippen molar-refractivity contribution in [1.82, 2.24) is 19.7 Å². The summed E-state index contributed by atoms with van der Waals surface area (Å²) in [5.74, 6) is -0.122. The number of rotatable bonds is 7. The average molecular weight is 428 g/mol. The lowest BCUT2D eigenvalue weighted by Gasteiger charge is -2.16. The van der Waals surface area contributed by atoms with Crippen LogP contribution in [0.25, 0.3) is 5.69 Å². The summed E-state index contributed by atoms with van der Waals surface area (Å²) in [5, 5.41) is 11.5. The Hall–Kier alpha value is -3.20. The summed E-state index contributed by atoms with van der Waals surface area (Å²) in [6.45, 7) is 3.75. The maximum absolute atomic E-state index is 12.9. The molecule has 1 aromatic heterocycles. The van der Waals surface area contributed by atoms with Crippen LogP contribution in [0, 0.1) is 19.7 Å². The number of thioether (sulfide) groups is 1. The highest BCUT2D eigenvalue weighted by Crippen LogP contribution is 2.22. The van der Waals surface area contributed by atoms with Gasteiger partial charge in [-0.25, -0.2) is 4.39 Å². The van der Waals surface area contributed by atoms with Gasteiger partial charge in [0.1, 0.15) is 11.6 Å². The molecule has 3 aromatic rings. The predicted molar refractivity (Wildman–Crippen MR) is 114 cm³/mol. The summed E-state index contributed by atoms with van der Waals surface area (Å²) < 4.78 is 14.8. The monoisotopic (exact) mass is 427 g/mol. The highest BCUT2D eigenvalue weighted by molar-refractivity contribution is 7.99. The Morgan fingerprint density at radius 1 is 1.07 bits per heavy atom. The molecule has 0 aliphatic heterocycles. The maximum Gasteiger partial charge on any atom is 0.243 e. The second-order valence-corrected chi connectivity index (χ2v) is 7.74. The van der Waals surface area contributed by atoms with Crippen molar-refractivity contribution in [3.63, 3.8) is 0 Å². The molecule has 0 radical (unpaired) electrons. The number of hydrogen-bond donors (Lipinski definition) is 1. The third kappa shape index (κ3) is 5.44. The van der Waals surface area contributed by atoms with Crippen LogP contribution in [0.2, 0.25) is 0 Å². The Morgan fingerprint density at radius 2 is 1.73 bits per heavy atom. The Labute approximate surface area is 178 Å². The number of nitrogens with zero attached hydrogens (tertiary/aromatic N) is 4. The Morgan fingerprint density at radius 3 is 2.40 bits per heavy atom. The first-order valence-electron chi connectivity index (χ1n) is 9.24. The first-order chi connectivity index (χ1) is 14.3. The molecule has 0 bridgehead atoms. The van der Waals surface area contributed by atoms with Crippen molar-refractivity contribution in [2.75, 3.05) is 24.7 Å². The molecule has 7 nitrogen and oxygen atoms in total. The fourth-order valence-electron chi connectivity index (χ4n) is 2.70. The molecule has 0 atom stereocenters. The van der Waals surface area contributed by atoms with Crippen LogP contribution in [-0.2, 0) is 9.59 Å². The molecule has 0 saturated heterocycles. The van der Waals surface area contributed by atoms with E-state index in [9.17, 15) is 14.0 Å². The molecule has 156 valence electrons. The number of carbonyl (C=O) groups is 2. The average Bonchev–Trinajstić information content (AvgIpc) is 3.09. The van der Waals surface area contributed by atoms with E-state index in [2.05, 4.69) is 15.5 Å². The van der Waals surface area contributed by atoms with Crippen molar-refractivity contribution >= 4 is 29.3 Å². The predicted octanol–water partition coefficient (Wildman–Crippen LogP) is 3.21. The molecular weight excluding hydrogens is 405 g/mol. The van der Waals surface area contributed by atoms with Crippen molar-refractivity contribution in [2.45, 2.75) is 19.0 Å². The van der Waals surface area contributed by atoms with Crippen molar-refractivity contribution in [3.8, 4) is 5.69 Å². The largest absolute Gasteiger partial charge is 0.336 e. The SMILES string of the molecule is Cc1ccc(-n2c(C)nnc2SCC(=O)N(C)CC(=O)Nc2ccc(F)cc2)cc1. The van der Waals surface area contributed by atoms with Crippen molar-refractivity contribution < 1.29 is 14.0 Å². The second-order valence-electron chi connectivity index (χ2n) is 6.79. The molecular formula is C21H22FN5O2S. The first-order valence-corrected chi connectivity index (χ1v) is 10.2. The van der Waals surface area contributed by atoms with E-state index in [1.165, 1.54) is 40.9 Å². The van der Waals surface area contributed by atoms with E-state index in [0.717, 1.165) is 17.1 Å². The van der Waals surface area contributed by atoms with Gasteiger partial charge in [0.05, 0.1) is 12.3 Å². The maximum atomic E-state index is 12.9. The minimum absolute atomic E-state index is 0.111. The lowest BCUT2D eigenvalue weighted by Crippen LogP contribution is -2.36. The molecule has 30 heavy (non-hydrogen) atoms. The second kappa shape index (κ2) is 9.53. The molecule has 0 aliphatic carbocycles. The summed E-state index contributed by atoms with van der Waals surface area (Å²) >= 11 is 1.26. The van der Waals surface area contributed by atoms with Crippen LogP contribution in [0.1, 0.15) is 11.4 Å². The topological polar surface area (TPSA) is 80.1 Å². The number of anilines is 1. The first kappa shape index (κ1) is 21.5. The molecule has 0 aliphatic rings. The standard InChI is InChI=1S/C21H22FN5O2S/c1-14-4-10-18(11-5-14)27-15(2)24-25-21(27)30-13-20(29)26(3)12-19(28)23-17-8-6-16(22)7-9-17/h4-11H,12-13H2,1-3H3,(H,23,28). The molecule has 0 spiro atoms. The van der Waals surface area contributed by atoms with Crippen molar-refractivity contribution in [2.24, 2.45) is 0 Å². The third-order valence-corrected chi connectivity index (χ3v) is 5.26. The van der Waals surface area contributed by atoms with Gasteiger partial charge in [0.15, 0.2) is 5.16 Å². The van der Waals surface area contributed by atoms with Gasteiger partial charge in [0.25, 0.3) is 0 Å². The van der Waals surface area contributed by atoms with E-state index in [4.69, 9.17) is 0 Å². The lowest BCUT2D eigenvalue weighted by molar-refractivity contribution is -0.131. The van der Waals surface area contributed by atoms with Crippen LogP contribution in [-0.4, -0.2) is 50.8 Å². The van der Waals surface area contributed by atoms with Gasteiger partial charge in [-0.05, 0) is 50.2 Å². The van der Waals surface area contributed by atoms with Crippen LogP contribution in [0.3, 0.4) is 0 Å². The number of likely N-dealkylation sites (N-methyl/N-ethyl adjacent to an activating group) is 1. The van der Waals surface area contributed by atoms with Crippen LogP contribution >= 0.6 is 11.8 Å². The number of nitrogens with one attached hydrogen (secondary N) is 1. The number of amides is 2. The number of hydrogen-bond acceptors (Lipinski definition) is 5. The van der Waals surface area contributed by atoms with Crippen LogP contribution < -0.4 is 5.32 Å². The minimum atomic E-state index is -0.383. The minimum Gasteiger partial charge on any atom is -0.336 e. The summed E-state index contributed by atoms with van der Waals surface area (Å²) in [6, 6.07) is 13.4. The van der Waals surface area contributed by atoms with E-state index < -0.39 is 0 Å². The quantitative estimate of drug-likeness (QED) is 0.586. The molecule has 0 fully saturated rings. The molecule has 1 heterocycles. The zero-order chi connectivity index (χ0) is 21.7. The van der Waals surface area contributed by atoms with Crippen LogP contribution in [0.5, 0.6) is 0 Å². The molecule has 2 amide bonds. The van der Waals surface area contributed by atoms with E-state index >= 15 is 0 Å². The van der Waals surface area contributed by atoms with Gasteiger partial charge in [-0.3, -0.25) is 14.2 Å². The number of aromatic nitrogens is 3.